The predicted molar refractivity (Wildman–Crippen MR) is 128 cm³/mol. The van der Waals surface area contributed by atoms with Crippen molar-refractivity contribution in [3.63, 3.8) is 0 Å². The molecule has 0 saturated carbocycles. The first-order chi connectivity index (χ1) is 12.5. The van der Waals surface area contributed by atoms with E-state index in [9.17, 15) is 4.79 Å². The summed E-state index contributed by atoms with van der Waals surface area (Å²) in [6, 6.07) is 9.70. The molecule has 0 bridgehead atoms. The maximum atomic E-state index is 9.89. The summed E-state index contributed by atoms with van der Waals surface area (Å²) in [6.45, 7) is 12.3. The molecule has 0 amide bonds. The highest BCUT2D eigenvalue weighted by molar-refractivity contribution is 8.89. The van der Waals surface area contributed by atoms with Crippen LogP contribution in [0.2, 0.25) is 0 Å². The van der Waals surface area contributed by atoms with E-state index >= 15 is 0 Å². The van der Waals surface area contributed by atoms with Crippen LogP contribution >= 0.6 is 46.0 Å². The van der Waals surface area contributed by atoms with Crippen LogP contribution in [0, 0.1) is 0 Å². The molecule has 0 aliphatic rings. The van der Waals surface area contributed by atoms with Crippen LogP contribution in [0.25, 0.3) is 6.08 Å². The zero-order valence-corrected chi connectivity index (χ0v) is 19.1. The van der Waals surface area contributed by atoms with Gasteiger partial charge in [0.2, 0.25) is 0 Å². The number of rotatable bonds is 6. The number of carbonyl (C=O) groups is 1. The second-order valence-electron chi connectivity index (χ2n) is 4.95. The first kappa shape index (κ1) is 25.1. The van der Waals surface area contributed by atoms with Gasteiger partial charge in [-0.3, -0.25) is 4.79 Å². The zero-order chi connectivity index (χ0) is 19.8. The van der Waals surface area contributed by atoms with Crippen LogP contribution in [0.4, 0.5) is 0 Å². The summed E-state index contributed by atoms with van der Waals surface area (Å²) in [5.41, 5.74) is 1.05. The number of hydrogen-bond donors (Lipinski definition) is 0. The Kier molecular flexibility index (Phi) is 15.7. The van der Waals surface area contributed by atoms with E-state index in [0.29, 0.717) is 0 Å². The molecule has 0 aliphatic heterocycles. The Bertz CT molecular complexity index is 532. The molecule has 0 radical (unpaired) electrons. The molecule has 1 aromatic carbocycles. The molecule has 1 rings (SSSR count). The lowest BCUT2D eigenvalue weighted by atomic mass is 10.2. The summed E-state index contributed by atoms with van der Waals surface area (Å²) in [7, 11) is 3.18. The minimum Gasteiger partial charge on any atom is -0.357 e. The summed E-state index contributed by atoms with van der Waals surface area (Å²) < 4.78 is 1.84. The smallest absolute Gasteiger partial charge is 0.147 e. The average molecular weight is 429 g/mol. The first-order valence-electron chi connectivity index (χ1n) is 8.63. The Labute approximate surface area is 177 Å². The summed E-state index contributed by atoms with van der Waals surface area (Å²) in [5, 5.41) is 0. The van der Waals surface area contributed by atoms with E-state index in [-0.39, 0.29) is 0 Å². The van der Waals surface area contributed by atoms with Crippen LogP contribution in [0.1, 0.15) is 33.3 Å². The Morgan fingerprint density at radius 3 is 1.65 bits per heavy atom. The van der Waals surface area contributed by atoms with Crippen LogP contribution in [0.15, 0.2) is 36.4 Å². The molecule has 0 aromatic heterocycles. The van der Waals surface area contributed by atoms with E-state index in [0.717, 1.165) is 46.7 Å². The van der Waals surface area contributed by atoms with Gasteiger partial charge >= 0.3 is 0 Å². The van der Waals surface area contributed by atoms with E-state index in [1.807, 2.05) is 30.3 Å². The van der Waals surface area contributed by atoms with Crippen molar-refractivity contribution in [1.82, 2.24) is 9.80 Å². The summed E-state index contributed by atoms with van der Waals surface area (Å²) in [5.74, 6) is 0. The van der Waals surface area contributed by atoms with Crippen molar-refractivity contribution < 1.29 is 4.79 Å². The molecule has 0 atom stereocenters. The third kappa shape index (κ3) is 11.0. The molecule has 1 aromatic rings. The van der Waals surface area contributed by atoms with Crippen molar-refractivity contribution in [1.29, 1.82) is 0 Å². The Morgan fingerprint density at radius 2 is 1.31 bits per heavy atom. The molecule has 7 heteroatoms. The lowest BCUT2D eigenvalue weighted by Crippen LogP contribution is -2.28. The number of carbonyl (C=O) groups excluding carboxylic acids is 1. The van der Waals surface area contributed by atoms with Gasteiger partial charge in [-0.25, -0.2) is 0 Å². The van der Waals surface area contributed by atoms with Crippen LogP contribution in [-0.4, -0.2) is 50.9 Å². The van der Waals surface area contributed by atoms with Crippen LogP contribution in [0.5, 0.6) is 0 Å². The van der Waals surface area contributed by atoms with Gasteiger partial charge in [0.05, 0.1) is 0 Å². The van der Waals surface area contributed by atoms with E-state index < -0.39 is 0 Å². The Hall–Kier alpha value is -0.890. The molecule has 0 aliphatic carbocycles. The first-order valence-corrected chi connectivity index (χ1v) is 11.6. The maximum absolute atomic E-state index is 9.89. The van der Waals surface area contributed by atoms with Crippen molar-refractivity contribution in [3.05, 3.63) is 42.0 Å². The molecule has 0 N–H and O–H groups in total. The van der Waals surface area contributed by atoms with Crippen LogP contribution in [0.3, 0.4) is 0 Å². The standard InChI is InChI=1S/C10H20N2S4.C9H8O/c1-5-11(6-2)9(13)15-16-10(14)12(7-3)8-4;10-8-4-7-9-5-2-1-3-6-9/h5-8H2,1-4H3;1-8H/b;7-4+. The maximum Gasteiger partial charge on any atom is 0.147 e. The minimum absolute atomic E-state index is 0.771. The van der Waals surface area contributed by atoms with Crippen molar-refractivity contribution in [3.8, 4) is 0 Å². The lowest BCUT2D eigenvalue weighted by Gasteiger charge is -2.23. The van der Waals surface area contributed by atoms with Gasteiger partial charge in [0.15, 0.2) is 0 Å². The highest BCUT2D eigenvalue weighted by Gasteiger charge is 2.11. The van der Waals surface area contributed by atoms with E-state index in [4.69, 9.17) is 24.4 Å². The Balaban J connectivity index is 0.000000531. The number of nitrogens with zero attached hydrogens (tertiary/aromatic N) is 2. The second kappa shape index (κ2) is 16.3. The van der Waals surface area contributed by atoms with Gasteiger partial charge in [0, 0.05) is 26.2 Å². The molecule has 0 saturated heterocycles. The highest BCUT2D eigenvalue weighted by atomic mass is 33.1. The summed E-state index contributed by atoms with van der Waals surface area (Å²) in [4.78, 5) is 14.2. The van der Waals surface area contributed by atoms with Crippen molar-refractivity contribution in [2.75, 3.05) is 26.2 Å². The molecular formula is C19H28N2OS4. The molecular weight excluding hydrogens is 400 g/mol. The number of aldehydes is 1. The zero-order valence-electron chi connectivity index (χ0n) is 15.9. The van der Waals surface area contributed by atoms with Crippen molar-refractivity contribution in [2.45, 2.75) is 27.7 Å². The third-order valence-corrected chi connectivity index (χ3v) is 7.13. The van der Waals surface area contributed by atoms with Gasteiger partial charge in [-0.2, -0.15) is 0 Å². The molecule has 26 heavy (non-hydrogen) atoms. The molecule has 0 spiro atoms. The fourth-order valence-electron chi connectivity index (χ4n) is 1.85. The van der Waals surface area contributed by atoms with Crippen LogP contribution in [-0.2, 0) is 4.79 Å². The predicted octanol–water partition coefficient (Wildman–Crippen LogP) is 5.52. The lowest BCUT2D eigenvalue weighted by molar-refractivity contribution is -0.104. The molecule has 144 valence electrons. The Morgan fingerprint density at radius 1 is 0.885 bits per heavy atom. The number of benzene rings is 1. The average Bonchev–Trinajstić information content (AvgIpc) is 2.68. The monoisotopic (exact) mass is 428 g/mol. The van der Waals surface area contributed by atoms with E-state index in [1.54, 1.807) is 27.7 Å². The van der Waals surface area contributed by atoms with Gasteiger partial charge in [0.25, 0.3) is 0 Å². The number of allylic oxidation sites excluding steroid dienone is 1. The van der Waals surface area contributed by atoms with Crippen molar-refractivity contribution in [2.24, 2.45) is 0 Å². The molecule has 0 unspecified atom stereocenters. The summed E-state index contributed by atoms with van der Waals surface area (Å²) >= 11 is 10.7. The number of hydrogen-bond acceptors (Lipinski definition) is 5. The highest BCUT2D eigenvalue weighted by Crippen LogP contribution is 2.28. The fraction of sp³-hybridized carbons (Fsp3) is 0.421. The topological polar surface area (TPSA) is 23.6 Å². The molecule has 0 heterocycles. The minimum atomic E-state index is 0.771. The van der Waals surface area contributed by atoms with E-state index in [1.165, 1.54) is 6.08 Å². The third-order valence-electron chi connectivity index (χ3n) is 3.39. The van der Waals surface area contributed by atoms with Gasteiger partial charge in [-0.1, -0.05) is 60.8 Å². The fourth-order valence-corrected chi connectivity index (χ4v) is 4.91. The normalized spacial score (nSPS) is 10.0. The van der Waals surface area contributed by atoms with Gasteiger partial charge < -0.3 is 9.80 Å². The SMILES string of the molecule is CCN(CC)C(=S)SSC(=S)N(CC)CC.O=C/C=C/c1ccccc1. The molecule has 3 nitrogen and oxygen atoms in total. The molecule has 0 fully saturated rings. The van der Waals surface area contributed by atoms with Crippen LogP contribution < -0.4 is 0 Å². The quantitative estimate of drug-likeness (QED) is 0.254. The van der Waals surface area contributed by atoms with Gasteiger partial charge in [0.1, 0.15) is 14.9 Å². The van der Waals surface area contributed by atoms with E-state index in [2.05, 4.69) is 37.5 Å². The van der Waals surface area contributed by atoms with Gasteiger partial charge in [-0.05, 0) is 60.9 Å². The largest absolute Gasteiger partial charge is 0.357 e. The number of thiocarbonyl (C=S) groups is 2. The second-order valence-corrected chi connectivity index (χ2v) is 8.35. The van der Waals surface area contributed by atoms with Crippen molar-refractivity contribution >= 4 is 67.0 Å². The summed E-state index contributed by atoms with van der Waals surface area (Å²) in [6.07, 6.45) is 4.02. The van der Waals surface area contributed by atoms with Gasteiger partial charge in [-0.15, -0.1) is 0 Å².